The molecule has 0 aliphatic heterocycles. The molecule has 0 aromatic heterocycles. The summed E-state index contributed by atoms with van der Waals surface area (Å²) in [5.74, 6) is -1.49. The monoisotopic (exact) mass is 219 g/mol. The van der Waals surface area contributed by atoms with E-state index in [2.05, 4.69) is 5.32 Å². The molecule has 4 nitrogen and oxygen atoms in total. The summed E-state index contributed by atoms with van der Waals surface area (Å²) in [4.78, 5) is 21.7. The number of aliphatic carboxylic acids is 1. The third-order valence-corrected chi connectivity index (χ3v) is 2.87. The van der Waals surface area contributed by atoms with Gasteiger partial charge in [-0.2, -0.15) is 11.8 Å². The lowest BCUT2D eigenvalue weighted by Crippen LogP contribution is -2.32. The first-order valence-corrected chi connectivity index (χ1v) is 5.78. The van der Waals surface area contributed by atoms with Crippen molar-refractivity contribution in [3.05, 3.63) is 0 Å². The number of thioether (sulfide) groups is 1. The van der Waals surface area contributed by atoms with Crippen LogP contribution in [0.25, 0.3) is 0 Å². The molecule has 0 heterocycles. The molecule has 2 N–H and O–H groups in total. The quantitative estimate of drug-likeness (QED) is 0.698. The first-order chi connectivity index (χ1) is 6.47. The maximum atomic E-state index is 11.2. The summed E-state index contributed by atoms with van der Waals surface area (Å²) in [6, 6.07) is 0. The van der Waals surface area contributed by atoms with Crippen molar-refractivity contribution in [3.63, 3.8) is 0 Å². The Morgan fingerprint density at radius 1 is 1.43 bits per heavy atom. The summed E-state index contributed by atoms with van der Waals surface area (Å²) in [7, 11) is 0. The Kier molecular flexibility index (Phi) is 6.36. The highest BCUT2D eigenvalue weighted by molar-refractivity contribution is 7.99. The van der Waals surface area contributed by atoms with Gasteiger partial charge in [-0.1, -0.05) is 13.8 Å². The van der Waals surface area contributed by atoms with Crippen LogP contribution in [0.5, 0.6) is 0 Å². The first kappa shape index (κ1) is 13.3. The smallest absolute Gasteiger partial charge is 0.308 e. The van der Waals surface area contributed by atoms with Crippen LogP contribution in [-0.2, 0) is 9.59 Å². The molecule has 82 valence electrons. The molecular weight excluding hydrogens is 202 g/mol. The van der Waals surface area contributed by atoms with Crippen molar-refractivity contribution in [1.82, 2.24) is 5.32 Å². The van der Waals surface area contributed by atoms with Gasteiger partial charge in [0, 0.05) is 18.2 Å². The van der Waals surface area contributed by atoms with E-state index in [0.29, 0.717) is 6.42 Å². The fraction of sp³-hybridized carbons (Fsp3) is 0.778. The molecule has 0 bridgehead atoms. The minimum atomic E-state index is -0.886. The zero-order valence-electron chi connectivity index (χ0n) is 8.74. The maximum Gasteiger partial charge on any atom is 0.308 e. The van der Waals surface area contributed by atoms with Gasteiger partial charge in [-0.15, -0.1) is 0 Å². The van der Waals surface area contributed by atoms with E-state index in [1.54, 1.807) is 18.7 Å². The van der Waals surface area contributed by atoms with Crippen LogP contribution in [0.15, 0.2) is 0 Å². The molecule has 0 rings (SSSR count). The minimum Gasteiger partial charge on any atom is -0.481 e. The molecule has 0 aromatic carbocycles. The van der Waals surface area contributed by atoms with Crippen LogP contribution in [0.3, 0.4) is 0 Å². The van der Waals surface area contributed by atoms with Gasteiger partial charge in [0.25, 0.3) is 0 Å². The van der Waals surface area contributed by atoms with Crippen LogP contribution in [0.4, 0.5) is 0 Å². The normalized spacial score (nSPS) is 14.5. The van der Waals surface area contributed by atoms with Gasteiger partial charge in [-0.05, 0) is 6.26 Å². The number of carboxylic acid groups (broad SMARTS) is 1. The van der Waals surface area contributed by atoms with E-state index in [-0.39, 0.29) is 17.7 Å². The molecule has 0 aliphatic rings. The van der Waals surface area contributed by atoms with Gasteiger partial charge in [0.2, 0.25) is 5.91 Å². The van der Waals surface area contributed by atoms with Crippen molar-refractivity contribution in [2.24, 2.45) is 5.92 Å². The molecule has 0 spiro atoms. The van der Waals surface area contributed by atoms with Crippen LogP contribution in [0, 0.1) is 5.92 Å². The Hall–Kier alpha value is -0.710. The molecule has 0 saturated carbocycles. The van der Waals surface area contributed by atoms with Gasteiger partial charge < -0.3 is 10.4 Å². The average Bonchev–Trinajstić information content (AvgIpc) is 2.13. The molecule has 14 heavy (non-hydrogen) atoms. The highest BCUT2D eigenvalue weighted by Gasteiger charge is 2.13. The topological polar surface area (TPSA) is 66.4 Å². The number of carbonyl (C=O) groups excluding carboxylic acids is 1. The van der Waals surface area contributed by atoms with Crippen molar-refractivity contribution in [2.75, 3.05) is 12.8 Å². The van der Waals surface area contributed by atoms with Crippen molar-refractivity contribution >= 4 is 23.6 Å². The SMILES string of the molecule is CSC(C)CC(=O)NCC(C)C(=O)O. The van der Waals surface area contributed by atoms with E-state index in [1.807, 2.05) is 13.2 Å². The molecule has 1 amide bonds. The van der Waals surface area contributed by atoms with Crippen molar-refractivity contribution in [1.29, 1.82) is 0 Å². The van der Waals surface area contributed by atoms with E-state index in [4.69, 9.17) is 5.11 Å². The number of nitrogens with one attached hydrogen (secondary N) is 1. The highest BCUT2D eigenvalue weighted by Crippen LogP contribution is 2.08. The fourth-order valence-corrected chi connectivity index (χ4v) is 1.09. The first-order valence-electron chi connectivity index (χ1n) is 4.49. The molecule has 0 radical (unpaired) electrons. The molecule has 0 fully saturated rings. The number of amides is 1. The predicted octanol–water partition coefficient (Wildman–Crippen LogP) is 0.965. The Labute approximate surface area is 88.4 Å². The Morgan fingerprint density at radius 2 is 2.00 bits per heavy atom. The van der Waals surface area contributed by atoms with Crippen molar-refractivity contribution in [2.45, 2.75) is 25.5 Å². The van der Waals surface area contributed by atoms with Gasteiger partial charge >= 0.3 is 5.97 Å². The second-order valence-electron chi connectivity index (χ2n) is 3.29. The zero-order chi connectivity index (χ0) is 11.1. The van der Waals surface area contributed by atoms with E-state index in [0.717, 1.165) is 0 Å². The standard InChI is InChI=1S/C9H17NO3S/c1-6(9(12)13)5-10-8(11)4-7(2)14-3/h6-7H,4-5H2,1-3H3,(H,10,11)(H,12,13). The predicted molar refractivity (Wildman–Crippen MR) is 57.4 cm³/mol. The number of carboxylic acids is 1. The molecular formula is C9H17NO3S. The van der Waals surface area contributed by atoms with Crippen LogP contribution in [-0.4, -0.2) is 35.0 Å². The number of carbonyl (C=O) groups is 2. The highest BCUT2D eigenvalue weighted by atomic mass is 32.2. The second kappa shape index (κ2) is 6.70. The van der Waals surface area contributed by atoms with Crippen molar-refractivity contribution < 1.29 is 14.7 Å². The number of hydrogen-bond donors (Lipinski definition) is 2. The van der Waals surface area contributed by atoms with Gasteiger partial charge in [-0.25, -0.2) is 0 Å². The summed E-state index contributed by atoms with van der Waals surface area (Å²) < 4.78 is 0. The Morgan fingerprint density at radius 3 is 2.43 bits per heavy atom. The molecule has 2 unspecified atom stereocenters. The Bertz CT molecular complexity index is 208. The van der Waals surface area contributed by atoms with E-state index in [9.17, 15) is 9.59 Å². The van der Waals surface area contributed by atoms with Crippen LogP contribution >= 0.6 is 11.8 Å². The number of hydrogen-bond acceptors (Lipinski definition) is 3. The van der Waals surface area contributed by atoms with Crippen LogP contribution in [0.1, 0.15) is 20.3 Å². The Balaban J connectivity index is 3.69. The van der Waals surface area contributed by atoms with E-state index >= 15 is 0 Å². The summed E-state index contributed by atoms with van der Waals surface area (Å²) in [5, 5.41) is 11.4. The molecule has 0 aliphatic carbocycles. The van der Waals surface area contributed by atoms with Gasteiger partial charge in [0.15, 0.2) is 0 Å². The molecule has 2 atom stereocenters. The average molecular weight is 219 g/mol. The van der Waals surface area contributed by atoms with Gasteiger partial charge in [-0.3, -0.25) is 9.59 Å². The summed E-state index contributed by atoms with van der Waals surface area (Å²) >= 11 is 1.62. The lowest BCUT2D eigenvalue weighted by atomic mass is 10.2. The second-order valence-corrected chi connectivity index (χ2v) is 4.57. The van der Waals surface area contributed by atoms with Crippen molar-refractivity contribution in [3.8, 4) is 0 Å². The molecule has 0 aromatic rings. The molecule has 5 heteroatoms. The van der Waals surface area contributed by atoms with Gasteiger partial charge in [0.1, 0.15) is 0 Å². The third-order valence-electron chi connectivity index (χ3n) is 1.90. The van der Waals surface area contributed by atoms with Crippen LogP contribution < -0.4 is 5.32 Å². The summed E-state index contributed by atoms with van der Waals surface area (Å²) in [6.07, 6.45) is 2.38. The van der Waals surface area contributed by atoms with Crippen LogP contribution in [0.2, 0.25) is 0 Å². The minimum absolute atomic E-state index is 0.0834. The summed E-state index contributed by atoms with van der Waals surface area (Å²) in [5.41, 5.74) is 0. The zero-order valence-corrected chi connectivity index (χ0v) is 9.56. The fourth-order valence-electron chi connectivity index (χ4n) is 0.771. The number of rotatable bonds is 6. The van der Waals surface area contributed by atoms with E-state index in [1.165, 1.54) is 0 Å². The van der Waals surface area contributed by atoms with E-state index < -0.39 is 11.9 Å². The van der Waals surface area contributed by atoms with Gasteiger partial charge in [0.05, 0.1) is 5.92 Å². The lowest BCUT2D eigenvalue weighted by molar-refractivity contribution is -0.141. The lowest BCUT2D eigenvalue weighted by Gasteiger charge is -2.10. The largest absolute Gasteiger partial charge is 0.481 e. The molecule has 0 saturated heterocycles. The summed E-state index contributed by atoms with van der Waals surface area (Å²) in [6.45, 7) is 3.74. The maximum absolute atomic E-state index is 11.2. The third kappa shape index (κ3) is 5.85.